The molecule has 1 fully saturated rings. The molecule has 1 aliphatic rings. The van der Waals surface area contributed by atoms with Gasteiger partial charge in [-0.1, -0.05) is 37.5 Å². The smallest absolute Gasteiger partial charge is 0.225 e. The summed E-state index contributed by atoms with van der Waals surface area (Å²) in [5, 5.41) is 3.57. The SMILES string of the molecule is COc1ccccc1CN[C@@H](C)c1cnc(N2CCCCCCC2)nc1C. The third kappa shape index (κ3) is 5.19. The lowest BCUT2D eigenvalue weighted by Gasteiger charge is -2.25. The molecule has 146 valence electrons. The molecule has 0 bridgehead atoms. The third-order valence-electron chi connectivity index (χ3n) is 5.40. The summed E-state index contributed by atoms with van der Waals surface area (Å²) in [6, 6.07) is 8.29. The minimum atomic E-state index is 0.177. The molecule has 5 nitrogen and oxygen atoms in total. The fourth-order valence-corrected chi connectivity index (χ4v) is 3.71. The zero-order valence-corrected chi connectivity index (χ0v) is 16.9. The van der Waals surface area contributed by atoms with Crippen LogP contribution in [0.2, 0.25) is 0 Å². The van der Waals surface area contributed by atoms with Gasteiger partial charge in [0, 0.05) is 48.7 Å². The normalized spacial score (nSPS) is 16.5. The number of hydrogen-bond acceptors (Lipinski definition) is 5. The first-order valence-corrected chi connectivity index (χ1v) is 10.1. The Kier molecular flexibility index (Phi) is 7.04. The van der Waals surface area contributed by atoms with Gasteiger partial charge in [0.2, 0.25) is 5.95 Å². The van der Waals surface area contributed by atoms with Gasteiger partial charge in [-0.3, -0.25) is 0 Å². The topological polar surface area (TPSA) is 50.3 Å². The van der Waals surface area contributed by atoms with Crippen molar-refractivity contribution in [1.82, 2.24) is 15.3 Å². The molecule has 1 saturated heterocycles. The van der Waals surface area contributed by atoms with Crippen molar-refractivity contribution in [2.24, 2.45) is 0 Å². The molecule has 27 heavy (non-hydrogen) atoms. The van der Waals surface area contributed by atoms with Gasteiger partial charge in [0.05, 0.1) is 7.11 Å². The van der Waals surface area contributed by atoms with Crippen LogP contribution in [0.25, 0.3) is 0 Å². The van der Waals surface area contributed by atoms with Crippen LogP contribution in [0.3, 0.4) is 0 Å². The Labute approximate surface area is 163 Å². The van der Waals surface area contributed by atoms with Crippen LogP contribution in [0, 0.1) is 6.92 Å². The van der Waals surface area contributed by atoms with Crippen molar-refractivity contribution in [3.63, 3.8) is 0 Å². The van der Waals surface area contributed by atoms with Crippen LogP contribution in [-0.4, -0.2) is 30.2 Å². The van der Waals surface area contributed by atoms with Crippen LogP contribution < -0.4 is 15.0 Å². The van der Waals surface area contributed by atoms with Crippen molar-refractivity contribution in [3.8, 4) is 5.75 Å². The second-order valence-electron chi connectivity index (χ2n) is 7.38. The van der Waals surface area contributed by atoms with Gasteiger partial charge in [-0.2, -0.15) is 0 Å². The Bertz CT molecular complexity index is 726. The van der Waals surface area contributed by atoms with Gasteiger partial charge in [0.1, 0.15) is 5.75 Å². The Morgan fingerprint density at radius 2 is 1.81 bits per heavy atom. The molecule has 0 radical (unpaired) electrons. The number of benzene rings is 1. The van der Waals surface area contributed by atoms with Crippen LogP contribution in [0.15, 0.2) is 30.5 Å². The van der Waals surface area contributed by atoms with E-state index in [0.29, 0.717) is 0 Å². The van der Waals surface area contributed by atoms with Crippen molar-refractivity contribution < 1.29 is 4.74 Å². The first-order chi connectivity index (χ1) is 13.2. The second kappa shape index (κ2) is 9.70. The predicted octanol–water partition coefficient (Wildman–Crippen LogP) is 4.41. The highest BCUT2D eigenvalue weighted by Crippen LogP contribution is 2.22. The van der Waals surface area contributed by atoms with E-state index in [1.165, 1.54) is 32.1 Å². The van der Waals surface area contributed by atoms with E-state index in [0.717, 1.165) is 48.2 Å². The van der Waals surface area contributed by atoms with Crippen molar-refractivity contribution in [2.45, 2.75) is 58.5 Å². The Balaban J connectivity index is 1.65. The third-order valence-corrected chi connectivity index (χ3v) is 5.40. The van der Waals surface area contributed by atoms with E-state index in [2.05, 4.69) is 30.1 Å². The number of aryl methyl sites for hydroxylation is 1. The maximum atomic E-state index is 5.44. The van der Waals surface area contributed by atoms with Crippen molar-refractivity contribution in [3.05, 3.63) is 47.3 Å². The molecule has 0 unspecified atom stereocenters. The molecule has 1 atom stereocenters. The fourth-order valence-electron chi connectivity index (χ4n) is 3.71. The molecule has 0 spiro atoms. The average Bonchev–Trinajstić information content (AvgIpc) is 2.66. The standard InChI is InChI=1S/C22H32N4O/c1-17(23-15-19-11-7-8-12-21(19)27-3)20-16-24-22(25-18(20)2)26-13-9-5-4-6-10-14-26/h7-8,11-12,16-17,23H,4-6,9-10,13-15H2,1-3H3/t17-/m0/s1. The van der Waals surface area contributed by atoms with E-state index in [9.17, 15) is 0 Å². The molecule has 1 aromatic heterocycles. The summed E-state index contributed by atoms with van der Waals surface area (Å²) in [6.45, 7) is 7.14. The number of methoxy groups -OCH3 is 1. The van der Waals surface area contributed by atoms with Crippen LogP contribution in [0.1, 0.15) is 61.9 Å². The van der Waals surface area contributed by atoms with E-state index in [1.54, 1.807) is 7.11 Å². The van der Waals surface area contributed by atoms with Gasteiger partial charge >= 0.3 is 0 Å². The number of nitrogens with zero attached hydrogens (tertiary/aromatic N) is 3. The Morgan fingerprint density at radius 1 is 1.11 bits per heavy atom. The molecule has 3 rings (SSSR count). The van der Waals surface area contributed by atoms with Crippen molar-refractivity contribution in [2.75, 3.05) is 25.1 Å². The van der Waals surface area contributed by atoms with E-state index >= 15 is 0 Å². The molecule has 0 saturated carbocycles. The monoisotopic (exact) mass is 368 g/mol. The lowest BCUT2D eigenvalue weighted by Crippen LogP contribution is -2.29. The van der Waals surface area contributed by atoms with Gasteiger partial charge in [-0.25, -0.2) is 9.97 Å². The van der Waals surface area contributed by atoms with Gasteiger partial charge < -0.3 is 15.0 Å². The average molecular weight is 369 g/mol. The van der Waals surface area contributed by atoms with Crippen molar-refractivity contribution in [1.29, 1.82) is 0 Å². The number of anilines is 1. The molecular formula is C22H32N4O. The van der Waals surface area contributed by atoms with Crippen LogP contribution in [-0.2, 0) is 6.54 Å². The Hall–Kier alpha value is -2.14. The summed E-state index contributed by atoms with van der Waals surface area (Å²) in [4.78, 5) is 11.9. The largest absolute Gasteiger partial charge is 0.496 e. The number of para-hydroxylation sites is 1. The highest BCUT2D eigenvalue weighted by molar-refractivity contribution is 5.35. The van der Waals surface area contributed by atoms with Crippen LogP contribution in [0.4, 0.5) is 5.95 Å². The van der Waals surface area contributed by atoms with E-state index in [-0.39, 0.29) is 6.04 Å². The molecule has 1 aliphatic heterocycles. The highest BCUT2D eigenvalue weighted by atomic mass is 16.5. The fraction of sp³-hybridized carbons (Fsp3) is 0.545. The first kappa shape index (κ1) is 19.6. The summed E-state index contributed by atoms with van der Waals surface area (Å²) >= 11 is 0. The van der Waals surface area contributed by atoms with Gasteiger partial charge in [-0.15, -0.1) is 0 Å². The van der Waals surface area contributed by atoms with E-state index in [1.807, 2.05) is 24.4 Å². The summed E-state index contributed by atoms with van der Waals surface area (Å²) in [5.41, 5.74) is 3.37. The van der Waals surface area contributed by atoms with Crippen molar-refractivity contribution >= 4 is 5.95 Å². The maximum absolute atomic E-state index is 5.44. The quantitative estimate of drug-likeness (QED) is 0.818. The number of aromatic nitrogens is 2. The molecule has 1 N–H and O–H groups in total. The summed E-state index contributed by atoms with van der Waals surface area (Å²) < 4.78 is 5.44. The second-order valence-corrected chi connectivity index (χ2v) is 7.38. The maximum Gasteiger partial charge on any atom is 0.225 e. The molecule has 0 amide bonds. The minimum absolute atomic E-state index is 0.177. The van der Waals surface area contributed by atoms with Crippen LogP contribution >= 0.6 is 0 Å². The Morgan fingerprint density at radius 3 is 2.52 bits per heavy atom. The molecule has 2 heterocycles. The molecular weight excluding hydrogens is 336 g/mol. The van der Waals surface area contributed by atoms with Gasteiger partial charge in [-0.05, 0) is 32.8 Å². The van der Waals surface area contributed by atoms with Gasteiger partial charge in [0.25, 0.3) is 0 Å². The van der Waals surface area contributed by atoms with E-state index < -0.39 is 0 Å². The molecule has 1 aromatic carbocycles. The lowest BCUT2D eigenvalue weighted by atomic mass is 10.1. The lowest BCUT2D eigenvalue weighted by molar-refractivity contribution is 0.406. The molecule has 5 heteroatoms. The number of hydrogen-bond donors (Lipinski definition) is 1. The summed E-state index contributed by atoms with van der Waals surface area (Å²) in [5.74, 6) is 1.80. The number of nitrogens with one attached hydrogen (secondary N) is 1. The van der Waals surface area contributed by atoms with Gasteiger partial charge in [0.15, 0.2) is 0 Å². The molecule has 0 aliphatic carbocycles. The van der Waals surface area contributed by atoms with Crippen LogP contribution in [0.5, 0.6) is 5.75 Å². The number of ether oxygens (including phenoxy) is 1. The first-order valence-electron chi connectivity index (χ1n) is 10.1. The zero-order chi connectivity index (χ0) is 19.1. The summed E-state index contributed by atoms with van der Waals surface area (Å²) in [6.07, 6.45) is 8.47. The van der Waals surface area contributed by atoms with E-state index in [4.69, 9.17) is 14.7 Å². The number of rotatable bonds is 6. The molecule has 2 aromatic rings. The predicted molar refractivity (Wildman–Crippen MR) is 110 cm³/mol. The minimum Gasteiger partial charge on any atom is -0.496 e. The summed E-state index contributed by atoms with van der Waals surface area (Å²) in [7, 11) is 1.71. The zero-order valence-electron chi connectivity index (χ0n) is 16.9. The highest BCUT2D eigenvalue weighted by Gasteiger charge is 2.16.